The summed E-state index contributed by atoms with van der Waals surface area (Å²) >= 11 is 1.87. The van der Waals surface area contributed by atoms with Gasteiger partial charge in [-0.2, -0.15) is 0 Å². The van der Waals surface area contributed by atoms with Gasteiger partial charge in [-0.25, -0.2) is 0 Å². The number of rotatable bonds is 6. The van der Waals surface area contributed by atoms with E-state index in [0.29, 0.717) is 13.0 Å². The van der Waals surface area contributed by atoms with E-state index in [9.17, 15) is 4.79 Å². The van der Waals surface area contributed by atoms with E-state index in [2.05, 4.69) is 23.5 Å². The fourth-order valence-corrected chi connectivity index (χ4v) is 3.82. The van der Waals surface area contributed by atoms with Crippen molar-refractivity contribution in [1.82, 2.24) is 5.32 Å². The average Bonchev–Trinajstić information content (AvgIpc) is 2.60. The van der Waals surface area contributed by atoms with Crippen LogP contribution in [-0.2, 0) is 4.79 Å². The van der Waals surface area contributed by atoms with Crippen LogP contribution < -0.4 is 10.1 Å². The number of amides is 1. The number of fused-ring (bicyclic) bond motifs is 1. The van der Waals surface area contributed by atoms with Gasteiger partial charge in [-0.15, -0.1) is 11.8 Å². The largest absolute Gasteiger partial charge is 0.494 e. The predicted octanol–water partition coefficient (Wildman–Crippen LogP) is 4.20. The third-order valence-corrected chi connectivity index (χ3v) is 4.98. The van der Waals surface area contributed by atoms with Gasteiger partial charge in [-0.3, -0.25) is 4.79 Å². The molecule has 1 atom stereocenters. The molecule has 0 aromatic heterocycles. The van der Waals surface area contributed by atoms with E-state index < -0.39 is 0 Å². The first-order valence-corrected chi connectivity index (χ1v) is 9.00. The molecule has 0 radical (unpaired) electrons. The Hall–Kier alpha value is -1.94. The van der Waals surface area contributed by atoms with Crippen molar-refractivity contribution in [3.63, 3.8) is 0 Å². The molecule has 2 aromatic carbocycles. The number of para-hydroxylation sites is 1. The van der Waals surface area contributed by atoms with Crippen LogP contribution >= 0.6 is 11.8 Å². The molecule has 120 valence electrons. The molecule has 4 heteroatoms. The molecule has 1 N–H and O–H groups in total. The molecule has 3 rings (SSSR count). The summed E-state index contributed by atoms with van der Waals surface area (Å²) in [6, 6.07) is 18.2. The second kappa shape index (κ2) is 8.06. The number of carbonyl (C=O) groups is 1. The van der Waals surface area contributed by atoms with Crippen molar-refractivity contribution in [2.45, 2.75) is 30.2 Å². The lowest BCUT2D eigenvalue weighted by atomic mass is 10.0. The third kappa shape index (κ3) is 4.52. The summed E-state index contributed by atoms with van der Waals surface area (Å²) in [4.78, 5) is 13.4. The van der Waals surface area contributed by atoms with Crippen LogP contribution in [0.3, 0.4) is 0 Å². The summed E-state index contributed by atoms with van der Waals surface area (Å²) in [5, 5.41) is 3.17. The maximum Gasteiger partial charge on any atom is 0.220 e. The summed E-state index contributed by atoms with van der Waals surface area (Å²) in [5.74, 6) is 2.01. The van der Waals surface area contributed by atoms with Crippen molar-refractivity contribution >= 4 is 17.7 Å². The van der Waals surface area contributed by atoms with Crippen LogP contribution in [-0.4, -0.2) is 18.3 Å². The Labute approximate surface area is 141 Å². The van der Waals surface area contributed by atoms with Gasteiger partial charge in [0, 0.05) is 17.1 Å². The quantitative estimate of drug-likeness (QED) is 0.808. The van der Waals surface area contributed by atoms with Gasteiger partial charge >= 0.3 is 0 Å². The van der Waals surface area contributed by atoms with Crippen LogP contribution in [0.1, 0.15) is 30.9 Å². The molecule has 0 aliphatic carbocycles. The number of carbonyl (C=O) groups excluding carboxylic acids is 1. The molecule has 2 aromatic rings. The molecular weight excluding hydrogens is 306 g/mol. The molecule has 23 heavy (non-hydrogen) atoms. The molecule has 1 heterocycles. The van der Waals surface area contributed by atoms with Gasteiger partial charge in [0.15, 0.2) is 0 Å². The highest BCUT2D eigenvalue weighted by molar-refractivity contribution is 7.99. The molecule has 0 spiro atoms. The van der Waals surface area contributed by atoms with Gasteiger partial charge in [0.2, 0.25) is 5.91 Å². The van der Waals surface area contributed by atoms with Crippen LogP contribution in [0.25, 0.3) is 0 Å². The van der Waals surface area contributed by atoms with Crippen molar-refractivity contribution in [3.8, 4) is 5.75 Å². The number of hydrogen-bond acceptors (Lipinski definition) is 3. The van der Waals surface area contributed by atoms with Crippen LogP contribution in [0.4, 0.5) is 0 Å². The minimum Gasteiger partial charge on any atom is -0.494 e. The number of thioether (sulfide) groups is 1. The van der Waals surface area contributed by atoms with Crippen LogP contribution in [0.15, 0.2) is 59.5 Å². The zero-order valence-electron chi connectivity index (χ0n) is 13.0. The molecule has 0 bridgehead atoms. The Morgan fingerprint density at radius 3 is 2.78 bits per heavy atom. The van der Waals surface area contributed by atoms with E-state index >= 15 is 0 Å². The fourth-order valence-electron chi connectivity index (χ4n) is 2.70. The van der Waals surface area contributed by atoms with Crippen LogP contribution in [0.5, 0.6) is 5.75 Å². The van der Waals surface area contributed by atoms with E-state index in [4.69, 9.17) is 4.74 Å². The molecule has 0 saturated heterocycles. The highest BCUT2D eigenvalue weighted by Crippen LogP contribution is 2.35. The summed E-state index contributed by atoms with van der Waals surface area (Å²) < 4.78 is 5.62. The first kappa shape index (κ1) is 15.9. The predicted molar refractivity (Wildman–Crippen MR) is 93.8 cm³/mol. The molecule has 1 unspecified atom stereocenters. The highest BCUT2D eigenvalue weighted by atomic mass is 32.2. The fraction of sp³-hybridized carbons (Fsp3) is 0.316. The van der Waals surface area contributed by atoms with Gasteiger partial charge < -0.3 is 10.1 Å². The van der Waals surface area contributed by atoms with E-state index in [1.807, 2.05) is 48.2 Å². The standard InChI is InChI=1S/C19H21NO2S/c21-19(11-6-13-22-15-7-2-1-3-8-15)20-17-12-14-23-18-10-5-4-9-16(17)18/h1-5,7-10,17H,6,11-14H2,(H,20,21). The summed E-state index contributed by atoms with van der Waals surface area (Å²) in [6.07, 6.45) is 2.22. The highest BCUT2D eigenvalue weighted by Gasteiger charge is 2.21. The van der Waals surface area contributed by atoms with E-state index in [0.717, 1.165) is 24.3 Å². The average molecular weight is 327 g/mol. The van der Waals surface area contributed by atoms with Crippen molar-refractivity contribution in [2.75, 3.05) is 12.4 Å². The van der Waals surface area contributed by atoms with Gasteiger partial charge in [-0.05, 0) is 36.6 Å². The molecular formula is C19H21NO2S. The maximum absolute atomic E-state index is 12.2. The topological polar surface area (TPSA) is 38.3 Å². The monoisotopic (exact) mass is 327 g/mol. The summed E-state index contributed by atoms with van der Waals surface area (Å²) in [6.45, 7) is 0.564. The van der Waals surface area contributed by atoms with Crippen LogP contribution in [0, 0.1) is 0 Å². The number of benzene rings is 2. The molecule has 0 saturated carbocycles. The normalized spacial score (nSPS) is 16.4. The van der Waals surface area contributed by atoms with Gasteiger partial charge in [0.25, 0.3) is 0 Å². The second-order valence-electron chi connectivity index (χ2n) is 5.56. The molecule has 3 nitrogen and oxygen atoms in total. The number of nitrogens with one attached hydrogen (secondary N) is 1. The van der Waals surface area contributed by atoms with Gasteiger partial charge in [-0.1, -0.05) is 36.4 Å². The van der Waals surface area contributed by atoms with Crippen molar-refractivity contribution in [2.24, 2.45) is 0 Å². The zero-order chi connectivity index (χ0) is 15.9. The lowest BCUT2D eigenvalue weighted by molar-refractivity contribution is -0.122. The SMILES string of the molecule is O=C(CCCOc1ccccc1)NC1CCSc2ccccc21. The molecule has 0 fully saturated rings. The van der Waals surface area contributed by atoms with Gasteiger partial charge in [0.1, 0.15) is 5.75 Å². The van der Waals surface area contributed by atoms with E-state index in [-0.39, 0.29) is 11.9 Å². The molecule has 1 aliphatic rings. The second-order valence-corrected chi connectivity index (χ2v) is 6.70. The summed E-state index contributed by atoms with van der Waals surface area (Å²) in [7, 11) is 0. The van der Waals surface area contributed by atoms with Crippen LogP contribution in [0.2, 0.25) is 0 Å². The maximum atomic E-state index is 12.2. The molecule has 1 aliphatic heterocycles. The smallest absolute Gasteiger partial charge is 0.220 e. The third-order valence-electron chi connectivity index (χ3n) is 3.85. The Kier molecular flexibility index (Phi) is 5.59. The lowest BCUT2D eigenvalue weighted by Crippen LogP contribution is -2.30. The zero-order valence-corrected chi connectivity index (χ0v) is 13.9. The van der Waals surface area contributed by atoms with Gasteiger partial charge in [0.05, 0.1) is 12.6 Å². The number of hydrogen-bond donors (Lipinski definition) is 1. The Morgan fingerprint density at radius 1 is 1.13 bits per heavy atom. The lowest BCUT2D eigenvalue weighted by Gasteiger charge is -2.25. The Balaban J connectivity index is 1.43. The Bertz CT molecular complexity index is 645. The summed E-state index contributed by atoms with van der Waals surface area (Å²) in [5.41, 5.74) is 1.25. The first-order chi connectivity index (χ1) is 11.3. The minimum absolute atomic E-state index is 0.105. The van der Waals surface area contributed by atoms with E-state index in [1.165, 1.54) is 10.5 Å². The van der Waals surface area contributed by atoms with Crippen molar-refractivity contribution < 1.29 is 9.53 Å². The molecule has 1 amide bonds. The number of ether oxygens (including phenoxy) is 1. The van der Waals surface area contributed by atoms with Crippen molar-refractivity contribution in [1.29, 1.82) is 0 Å². The van der Waals surface area contributed by atoms with Crippen molar-refractivity contribution in [3.05, 3.63) is 60.2 Å². The minimum atomic E-state index is 0.105. The Morgan fingerprint density at radius 2 is 1.91 bits per heavy atom. The first-order valence-electron chi connectivity index (χ1n) is 8.02. The van der Waals surface area contributed by atoms with E-state index in [1.54, 1.807) is 0 Å².